The van der Waals surface area contributed by atoms with Crippen LogP contribution in [0.2, 0.25) is 0 Å². The highest BCUT2D eigenvalue weighted by Gasteiger charge is 2.23. The smallest absolute Gasteiger partial charge is 0.0546 e. The molecule has 2 nitrogen and oxygen atoms in total. The number of nitrogens with zero attached hydrogens (tertiary/aromatic N) is 2. The topological polar surface area (TPSA) is 6.48 Å². The maximum atomic E-state index is 2.48. The van der Waals surface area contributed by atoms with Crippen LogP contribution in [0.3, 0.4) is 0 Å². The predicted molar refractivity (Wildman–Crippen MR) is 393 cm³/mol. The van der Waals surface area contributed by atoms with Crippen molar-refractivity contribution in [1.29, 1.82) is 0 Å². The monoisotopic (exact) mass is 1170 g/mol. The van der Waals surface area contributed by atoms with Gasteiger partial charge in [-0.05, 0) is 194 Å². The predicted octanol–water partition coefficient (Wildman–Crippen LogP) is 25.7. The van der Waals surface area contributed by atoms with E-state index in [4.69, 9.17) is 0 Å². The minimum Gasteiger partial charge on any atom is -0.310 e. The summed E-state index contributed by atoms with van der Waals surface area (Å²) in [4.78, 5) is 4.93. The van der Waals surface area contributed by atoms with Gasteiger partial charge in [0.2, 0.25) is 0 Å². The zero-order valence-electron chi connectivity index (χ0n) is 49.6. The van der Waals surface area contributed by atoms with Crippen LogP contribution in [0.5, 0.6) is 0 Å². The van der Waals surface area contributed by atoms with Crippen LogP contribution in [-0.4, -0.2) is 0 Å². The third-order valence-electron chi connectivity index (χ3n) is 18.7. The van der Waals surface area contributed by atoms with E-state index in [1.54, 1.807) is 0 Å². The fourth-order valence-electron chi connectivity index (χ4n) is 14.4. The maximum Gasteiger partial charge on any atom is 0.0546 e. The van der Waals surface area contributed by atoms with Gasteiger partial charge >= 0.3 is 0 Å². The van der Waals surface area contributed by atoms with E-state index >= 15 is 0 Å². The Bertz CT molecular complexity index is 5900. The molecule has 0 amide bonds. The number of benzene rings is 17. The van der Waals surface area contributed by atoms with Crippen molar-refractivity contribution < 1.29 is 0 Å². The molecule has 0 aliphatic carbocycles. The standard InChI is InChI=1S/C88H56N2S/c1-2-17-57(18-3-1)61-41-49-76-67(51-61)35-36-68-54-72(47-50-77(68)76)89(69-43-37-58(38-44-69)62-42-48-75-66(52-62)34-33-59-19-4-7-24-73(59)75)84-31-14-12-26-78(84)63-22-16-23-71(53-63)90(85-56-65-21-5-8-25-74(65)80-28-10-11-29-81(80)85)70-45-39-60(40-46-70)83-55-64-20-6-9-27-79(64)88-87(83)82-30-13-15-32-86(82)91-88/h1-56H. The second kappa shape index (κ2) is 21.6. The third-order valence-corrected chi connectivity index (χ3v) is 19.9. The van der Waals surface area contributed by atoms with E-state index in [-0.39, 0.29) is 0 Å². The highest BCUT2D eigenvalue weighted by molar-refractivity contribution is 7.26. The third kappa shape index (κ3) is 9.00. The molecule has 0 bridgehead atoms. The normalized spacial score (nSPS) is 11.7. The lowest BCUT2D eigenvalue weighted by Crippen LogP contribution is -2.12. The number of fused-ring (bicyclic) bond motifs is 14. The molecule has 91 heavy (non-hydrogen) atoms. The van der Waals surface area contributed by atoms with Crippen LogP contribution in [0.15, 0.2) is 340 Å². The molecule has 0 fully saturated rings. The minimum absolute atomic E-state index is 1.06. The molecule has 18 aromatic rings. The number of hydrogen-bond acceptors (Lipinski definition) is 3. The van der Waals surface area contributed by atoms with Crippen LogP contribution in [-0.2, 0) is 0 Å². The van der Waals surface area contributed by atoms with Crippen molar-refractivity contribution in [2.24, 2.45) is 0 Å². The number of rotatable bonds is 10. The van der Waals surface area contributed by atoms with Crippen molar-refractivity contribution in [1.82, 2.24) is 0 Å². The molecule has 17 aromatic carbocycles. The van der Waals surface area contributed by atoms with Crippen molar-refractivity contribution in [3.8, 4) is 44.5 Å². The molecule has 0 atom stereocenters. The Balaban J connectivity index is 0.789. The van der Waals surface area contributed by atoms with Gasteiger partial charge in [0, 0.05) is 53.9 Å². The molecular weight excluding hydrogens is 1120 g/mol. The fraction of sp³-hybridized carbons (Fsp3) is 0. The first-order valence-electron chi connectivity index (χ1n) is 31.3. The first kappa shape index (κ1) is 52.5. The fourth-order valence-corrected chi connectivity index (χ4v) is 15.6. The molecule has 0 aliphatic heterocycles. The summed E-state index contributed by atoms with van der Waals surface area (Å²) in [5.41, 5.74) is 15.9. The summed E-state index contributed by atoms with van der Waals surface area (Å²) in [7, 11) is 0. The maximum absolute atomic E-state index is 2.48. The minimum atomic E-state index is 1.06. The molecule has 0 saturated carbocycles. The number of para-hydroxylation sites is 1. The average molecular weight is 1170 g/mol. The molecule has 3 heteroatoms. The lowest BCUT2D eigenvalue weighted by Gasteiger charge is -2.30. The Kier molecular flexibility index (Phi) is 12.5. The lowest BCUT2D eigenvalue weighted by molar-refractivity contribution is 1.28. The summed E-state index contributed by atoms with van der Waals surface area (Å²) in [5.74, 6) is 0. The molecule has 424 valence electrons. The van der Waals surface area contributed by atoms with Gasteiger partial charge in [-0.3, -0.25) is 0 Å². The van der Waals surface area contributed by atoms with Crippen molar-refractivity contribution in [3.63, 3.8) is 0 Å². The Labute approximate surface area is 531 Å². The van der Waals surface area contributed by atoms with E-state index in [0.29, 0.717) is 0 Å². The largest absolute Gasteiger partial charge is 0.310 e. The van der Waals surface area contributed by atoms with Gasteiger partial charge in [-0.1, -0.05) is 255 Å². The Morgan fingerprint density at radius 3 is 1.36 bits per heavy atom. The SMILES string of the molecule is c1ccc(-c2ccc3c(ccc4cc(N(c5ccc(-c6ccc7c(ccc8ccccc87)c6)cc5)c5ccccc5-c5cccc(N(c6ccc(-c7cc8ccccc8c8sc9ccccc9c78)cc6)c6cc7ccccc7c7ccccc67)c5)ccc43)c2)cc1. The van der Waals surface area contributed by atoms with E-state index in [2.05, 4.69) is 350 Å². The molecule has 0 unspecified atom stereocenters. The first-order valence-corrected chi connectivity index (χ1v) is 32.1. The molecule has 1 aromatic heterocycles. The van der Waals surface area contributed by atoms with Gasteiger partial charge in [-0.2, -0.15) is 0 Å². The summed E-state index contributed by atoms with van der Waals surface area (Å²) >= 11 is 1.89. The lowest BCUT2D eigenvalue weighted by atomic mass is 9.95. The van der Waals surface area contributed by atoms with E-state index in [1.165, 1.54) is 129 Å². The summed E-state index contributed by atoms with van der Waals surface area (Å²) in [6, 6.07) is 126. The van der Waals surface area contributed by atoms with Gasteiger partial charge in [-0.15, -0.1) is 11.3 Å². The highest BCUT2D eigenvalue weighted by atomic mass is 32.1. The number of hydrogen-bond donors (Lipinski definition) is 0. The number of thiophene rings is 1. The van der Waals surface area contributed by atoms with Gasteiger partial charge in [0.1, 0.15) is 0 Å². The molecule has 0 radical (unpaired) electrons. The average Bonchev–Trinajstić information content (AvgIpc) is 1.84. The first-order chi connectivity index (χ1) is 45.1. The molecular formula is C88H56N2S. The number of anilines is 6. The van der Waals surface area contributed by atoms with Crippen LogP contribution in [0.4, 0.5) is 34.1 Å². The van der Waals surface area contributed by atoms with Gasteiger partial charge in [0.25, 0.3) is 0 Å². The van der Waals surface area contributed by atoms with Crippen molar-refractivity contribution in [3.05, 3.63) is 340 Å². The summed E-state index contributed by atoms with van der Waals surface area (Å²) in [6.45, 7) is 0. The van der Waals surface area contributed by atoms with Crippen LogP contribution in [0.1, 0.15) is 0 Å². The quantitative estimate of drug-likeness (QED) is 0.126. The van der Waals surface area contributed by atoms with Gasteiger partial charge < -0.3 is 9.80 Å². The Morgan fingerprint density at radius 2 is 0.648 bits per heavy atom. The van der Waals surface area contributed by atoms with Crippen LogP contribution in [0, 0.1) is 0 Å². The molecule has 1 heterocycles. The zero-order valence-corrected chi connectivity index (χ0v) is 50.5. The van der Waals surface area contributed by atoms with E-state index in [0.717, 1.165) is 45.3 Å². The zero-order chi connectivity index (χ0) is 59.9. The molecule has 0 N–H and O–H groups in total. The second-order valence-corrected chi connectivity index (χ2v) is 25.0. The van der Waals surface area contributed by atoms with Crippen molar-refractivity contribution in [2.75, 3.05) is 9.80 Å². The van der Waals surface area contributed by atoms with E-state index < -0.39 is 0 Å². The molecule has 0 aliphatic rings. The Hall–Kier alpha value is -11.6. The van der Waals surface area contributed by atoms with Crippen LogP contribution < -0.4 is 9.80 Å². The van der Waals surface area contributed by atoms with Gasteiger partial charge in [0.15, 0.2) is 0 Å². The van der Waals surface area contributed by atoms with E-state index in [9.17, 15) is 0 Å². The Morgan fingerprint density at radius 1 is 0.198 bits per heavy atom. The molecule has 0 saturated heterocycles. The molecule has 18 rings (SSSR count). The van der Waals surface area contributed by atoms with Gasteiger partial charge in [0.05, 0.1) is 11.4 Å². The van der Waals surface area contributed by atoms with Crippen LogP contribution >= 0.6 is 11.3 Å². The molecule has 0 spiro atoms. The van der Waals surface area contributed by atoms with E-state index in [1.807, 2.05) is 11.3 Å². The summed E-state index contributed by atoms with van der Waals surface area (Å²) in [6.07, 6.45) is 0. The van der Waals surface area contributed by atoms with Crippen LogP contribution in [0.25, 0.3) is 140 Å². The van der Waals surface area contributed by atoms with Crippen molar-refractivity contribution in [2.45, 2.75) is 0 Å². The van der Waals surface area contributed by atoms with Crippen molar-refractivity contribution >= 4 is 141 Å². The summed E-state index contributed by atoms with van der Waals surface area (Å²) in [5, 5.41) is 19.9. The second-order valence-electron chi connectivity index (χ2n) is 23.9. The summed E-state index contributed by atoms with van der Waals surface area (Å²) < 4.78 is 2.64. The highest BCUT2D eigenvalue weighted by Crippen LogP contribution is 2.49. The van der Waals surface area contributed by atoms with Gasteiger partial charge in [-0.25, -0.2) is 0 Å².